The highest BCUT2D eigenvalue weighted by Crippen LogP contribution is 2.37. The van der Waals surface area contributed by atoms with E-state index in [2.05, 4.69) is 15.3 Å². The fourth-order valence-corrected chi connectivity index (χ4v) is 4.25. The molecule has 0 saturated heterocycles. The van der Waals surface area contributed by atoms with E-state index in [0.717, 1.165) is 33.8 Å². The summed E-state index contributed by atoms with van der Waals surface area (Å²) in [6.07, 6.45) is 4.11. The molecule has 0 bridgehead atoms. The van der Waals surface area contributed by atoms with E-state index in [1.54, 1.807) is 12.4 Å². The van der Waals surface area contributed by atoms with Gasteiger partial charge in [-0.1, -0.05) is 0 Å². The summed E-state index contributed by atoms with van der Waals surface area (Å²) in [4.78, 5) is 41.2. The van der Waals surface area contributed by atoms with Crippen LogP contribution in [0.5, 0.6) is 0 Å². The van der Waals surface area contributed by atoms with Gasteiger partial charge in [-0.05, 0) is 29.7 Å². The van der Waals surface area contributed by atoms with Crippen LogP contribution in [-0.4, -0.2) is 32.2 Å². The first-order valence-corrected chi connectivity index (χ1v) is 8.50. The lowest BCUT2D eigenvalue weighted by Gasteiger charge is -2.26. The maximum absolute atomic E-state index is 11.7. The number of carboxylic acid groups (broad SMARTS) is 1. The Hall–Kier alpha value is -2.78. The minimum absolute atomic E-state index is 0.163. The van der Waals surface area contributed by atoms with Gasteiger partial charge in [-0.25, -0.2) is 4.79 Å². The Morgan fingerprint density at radius 3 is 2.64 bits per heavy atom. The van der Waals surface area contributed by atoms with Gasteiger partial charge in [0.15, 0.2) is 0 Å². The van der Waals surface area contributed by atoms with Crippen molar-refractivity contribution in [2.75, 3.05) is 12.0 Å². The Morgan fingerprint density at radius 1 is 1.28 bits per heavy atom. The van der Waals surface area contributed by atoms with Crippen LogP contribution in [-0.2, 0) is 19.5 Å². The Morgan fingerprint density at radius 2 is 2.00 bits per heavy atom. The van der Waals surface area contributed by atoms with E-state index >= 15 is 0 Å². The summed E-state index contributed by atoms with van der Waals surface area (Å²) in [6, 6.07) is 3.91. The number of thiophene rings is 1. The zero-order chi connectivity index (χ0) is 17.6. The van der Waals surface area contributed by atoms with E-state index < -0.39 is 17.1 Å². The van der Waals surface area contributed by atoms with E-state index in [4.69, 9.17) is 0 Å². The van der Waals surface area contributed by atoms with Crippen LogP contribution in [0.25, 0.3) is 0 Å². The second-order valence-electron chi connectivity index (χ2n) is 5.89. The van der Waals surface area contributed by atoms with E-state index in [9.17, 15) is 19.5 Å². The molecule has 0 spiro atoms. The van der Waals surface area contributed by atoms with E-state index in [0.29, 0.717) is 18.0 Å². The zero-order valence-electron chi connectivity index (χ0n) is 13.1. The lowest BCUT2D eigenvalue weighted by Crippen LogP contribution is -2.29. The van der Waals surface area contributed by atoms with Crippen molar-refractivity contribution in [3.63, 3.8) is 0 Å². The number of aromatic carboxylic acids is 1. The van der Waals surface area contributed by atoms with Crippen molar-refractivity contribution < 1.29 is 9.90 Å². The van der Waals surface area contributed by atoms with Crippen LogP contribution >= 0.6 is 11.3 Å². The van der Waals surface area contributed by atoms with Gasteiger partial charge in [0.25, 0.3) is 0 Å². The van der Waals surface area contributed by atoms with Crippen molar-refractivity contribution in [2.45, 2.75) is 19.5 Å². The maximum Gasteiger partial charge on any atom is 0.340 e. The largest absolute Gasteiger partial charge is 0.478 e. The first-order chi connectivity index (χ1) is 12.0. The average Bonchev–Trinajstić information content (AvgIpc) is 3.01. The van der Waals surface area contributed by atoms with Crippen LogP contribution < -0.4 is 16.5 Å². The van der Waals surface area contributed by atoms with Crippen LogP contribution in [0.1, 0.15) is 26.4 Å². The number of rotatable bonds is 5. The molecule has 8 nitrogen and oxygen atoms in total. The first-order valence-electron chi connectivity index (χ1n) is 7.68. The summed E-state index contributed by atoms with van der Waals surface area (Å²) in [5.74, 6) is -1.05. The van der Waals surface area contributed by atoms with Crippen LogP contribution in [0, 0.1) is 0 Å². The van der Waals surface area contributed by atoms with Crippen LogP contribution in [0.2, 0.25) is 0 Å². The molecule has 0 unspecified atom stereocenters. The number of pyridine rings is 1. The Balaban J connectivity index is 1.60. The molecule has 3 aromatic heterocycles. The van der Waals surface area contributed by atoms with Gasteiger partial charge in [-0.15, -0.1) is 11.3 Å². The van der Waals surface area contributed by atoms with Crippen LogP contribution in [0.4, 0.5) is 5.00 Å². The molecule has 4 rings (SSSR count). The Labute approximate surface area is 145 Å². The second-order valence-corrected chi connectivity index (χ2v) is 6.99. The smallest absolute Gasteiger partial charge is 0.340 e. The normalized spacial score (nSPS) is 14.6. The Bertz CT molecular complexity index is 991. The molecule has 0 amide bonds. The number of nitrogens with zero attached hydrogens (tertiary/aromatic N) is 3. The Kier molecular flexibility index (Phi) is 3.74. The SMILES string of the molecule is O=C(O)c1c(Nn2c(=O)c2=O)sc2c1CCN(Cc1ccncc1)C2. The lowest BCUT2D eigenvalue weighted by molar-refractivity contribution is 0.0696. The summed E-state index contributed by atoms with van der Waals surface area (Å²) in [5.41, 5.74) is 3.42. The third kappa shape index (κ3) is 2.87. The highest BCUT2D eigenvalue weighted by Gasteiger charge is 2.29. The predicted octanol–water partition coefficient (Wildman–Crippen LogP) is 0.672. The molecule has 0 radical (unpaired) electrons. The fourth-order valence-electron chi connectivity index (χ4n) is 2.98. The number of carboxylic acids is 1. The second kappa shape index (κ2) is 5.94. The van der Waals surface area contributed by atoms with Crippen molar-refractivity contribution >= 4 is 22.3 Å². The van der Waals surface area contributed by atoms with Gasteiger partial charge in [0.2, 0.25) is 0 Å². The molecule has 0 atom stereocenters. The van der Waals surface area contributed by atoms with E-state index in [-0.39, 0.29) is 5.56 Å². The van der Waals surface area contributed by atoms with Gasteiger partial charge in [0.1, 0.15) is 5.00 Å². The molecule has 2 N–H and O–H groups in total. The summed E-state index contributed by atoms with van der Waals surface area (Å²) in [5, 5.41) is 9.87. The third-order valence-electron chi connectivity index (χ3n) is 4.26. The van der Waals surface area contributed by atoms with Crippen molar-refractivity contribution in [3.8, 4) is 0 Å². The lowest BCUT2D eigenvalue weighted by atomic mass is 10.0. The van der Waals surface area contributed by atoms with Gasteiger partial charge in [0.05, 0.1) is 5.56 Å². The van der Waals surface area contributed by atoms with Crippen molar-refractivity contribution in [1.82, 2.24) is 14.6 Å². The molecule has 1 aliphatic heterocycles. The van der Waals surface area contributed by atoms with Gasteiger partial charge < -0.3 is 5.11 Å². The highest BCUT2D eigenvalue weighted by atomic mass is 32.1. The first kappa shape index (κ1) is 15.7. The third-order valence-corrected chi connectivity index (χ3v) is 5.38. The highest BCUT2D eigenvalue weighted by molar-refractivity contribution is 7.16. The van der Waals surface area contributed by atoms with Crippen molar-refractivity contribution in [1.29, 1.82) is 0 Å². The van der Waals surface area contributed by atoms with Gasteiger partial charge in [-0.3, -0.25) is 24.9 Å². The van der Waals surface area contributed by atoms with Crippen LogP contribution in [0.15, 0.2) is 34.1 Å². The molecular weight excluding hydrogens is 344 g/mol. The molecule has 25 heavy (non-hydrogen) atoms. The minimum atomic E-state index is -1.05. The summed E-state index contributed by atoms with van der Waals surface area (Å²) in [6.45, 7) is 2.13. The molecule has 128 valence electrons. The molecule has 1 aliphatic rings. The minimum Gasteiger partial charge on any atom is -0.478 e. The number of anilines is 1. The van der Waals surface area contributed by atoms with Gasteiger partial charge in [-0.2, -0.15) is 4.68 Å². The monoisotopic (exact) mass is 358 g/mol. The number of carbonyl (C=O) groups is 1. The van der Waals surface area contributed by atoms with E-state index in [1.807, 2.05) is 12.1 Å². The van der Waals surface area contributed by atoms with Crippen molar-refractivity contribution in [2.24, 2.45) is 0 Å². The molecule has 4 heterocycles. The van der Waals surface area contributed by atoms with Crippen LogP contribution in [0.3, 0.4) is 0 Å². The summed E-state index contributed by atoms with van der Waals surface area (Å²) >= 11 is 1.28. The number of fused-ring (bicyclic) bond motifs is 1. The maximum atomic E-state index is 11.7. The quantitative estimate of drug-likeness (QED) is 0.646. The molecule has 3 aromatic rings. The predicted molar refractivity (Wildman–Crippen MR) is 91.7 cm³/mol. The summed E-state index contributed by atoms with van der Waals surface area (Å²) < 4.78 is 0.832. The average molecular weight is 358 g/mol. The molecule has 0 aliphatic carbocycles. The molecule has 9 heteroatoms. The summed E-state index contributed by atoms with van der Waals surface area (Å²) in [7, 11) is 0. The van der Waals surface area contributed by atoms with Gasteiger partial charge >= 0.3 is 17.1 Å². The topological polar surface area (TPSA) is 105 Å². The zero-order valence-corrected chi connectivity index (χ0v) is 13.9. The molecular formula is C16H14N4O4S. The number of hydrogen-bond acceptors (Lipinski definition) is 7. The number of nitrogens with one attached hydrogen (secondary N) is 1. The number of aromatic nitrogens is 2. The molecule has 0 fully saturated rings. The fraction of sp³-hybridized carbons (Fsp3) is 0.250. The van der Waals surface area contributed by atoms with Crippen molar-refractivity contribution in [3.05, 3.63) is 66.8 Å². The standard InChI is InChI=1S/C16H14N4O4S/c21-14-15(22)20(14)18-13-12(16(23)24)10-3-6-19(8-11(10)25-13)7-9-1-4-17-5-2-9/h1-2,4-5,18H,3,6-8H2,(H,23,24). The number of hydrogen-bond donors (Lipinski definition) is 2. The molecule has 0 aromatic carbocycles. The van der Waals surface area contributed by atoms with Gasteiger partial charge in [0, 0.05) is 36.9 Å². The molecule has 0 saturated carbocycles. The van der Waals surface area contributed by atoms with E-state index in [1.165, 1.54) is 11.3 Å².